The van der Waals surface area contributed by atoms with Crippen LogP contribution in [0.4, 0.5) is 5.69 Å². The van der Waals surface area contributed by atoms with E-state index >= 15 is 0 Å². The second-order valence-corrected chi connectivity index (χ2v) is 7.29. The second-order valence-electron chi connectivity index (χ2n) is 6.91. The topological polar surface area (TPSA) is 74.2 Å². The molecule has 1 fully saturated rings. The Morgan fingerprint density at radius 2 is 2.04 bits per heavy atom. The number of nitrogens with one attached hydrogen (secondary N) is 1. The van der Waals surface area contributed by atoms with E-state index in [1.807, 2.05) is 41.3 Å². The first kappa shape index (κ1) is 18.8. The van der Waals surface area contributed by atoms with Crippen molar-refractivity contribution in [1.82, 2.24) is 10.2 Å². The SMILES string of the molecule is O=C1NC2=Nc3ccc(OCCCCO)c(Cl)c3CN2C1Cc1ccccc1. The number of carbonyl (C=O) groups is 1. The first-order chi connectivity index (χ1) is 13.7. The normalized spacial score (nSPS) is 17.6. The minimum atomic E-state index is -0.320. The van der Waals surface area contributed by atoms with Gasteiger partial charge in [-0.1, -0.05) is 41.9 Å². The lowest BCUT2D eigenvalue weighted by Crippen LogP contribution is -2.38. The van der Waals surface area contributed by atoms with Crippen molar-refractivity contribution < 1.29 is 14.6 Å². The summed E-state index contributed by atoms with van der Waals surface area (Å²) >= 11 is 6.60. The Hall–Kier alpha value is -2.57. The summed E-state index contributed by atoms with van der Waals surface area (Å²) in [6.45, 7) is 1.14. The van der Waals surface area contributed by atoms with Crippen molar-refractivity contribution in [2.24, 2.45) is 4.99 Å². The van der Waals surface area contributed by atoms with E-state index in [1.54, 1.807) is 6.07 Å². The van der Waals surface area contributed by atoms with E-state index in [2.05, 4.69) is 10.3 Å². The van der Waals surface area contributed by atoms with Crippen LogP contribution in [0.15, 0.2) is 47.5 Å². The van der Waals surface area contributed by atoms with Crippen LogP contribution in [0, 0.1) is 0 Å². The molecule has 1 saturated heterocycles. The highest BCUT2D eigenvalue weighted by Gasteiger charge is 2.39. The molecule has 2 aliphatic rings. The molecule has 2 aromatic rings. The van der Waals surface area contributed by atoms with Gasteiger partial charge in [0, 0.05) is 18.6 Å². The molecule has 1 unspecified atom stereocenters. The highest BCUT2D eigenvalue weighted by Crippen LogP contribution is 2.39. The van der Waals surface area contributed by atoms with E-state index in [1.165, 1.54) is 0 Å². The van der Waals surface area contributed by atoms with Crippen LogP contribution >= 0.6 is 11.6 Å². The fourth-order valence-corrected chi connectivity index (χ4v) is 3.78. The molecule has 0 bridgehead atoms. The van der Waals surface area contributed by atoms with Gasteiger partial charge in [-0.05, 0) is 30.5 Å². The third-order valence-corrected chi connectivity index (χ3v) is 5.42. The number of carbonyl (C=O) groups excluding carboxylic acids is 1. The Balaban J connectivity index is 1.55. The molecule has 1 atom stereocenters. The molecular weight excluding hydrogens is 378 g/mol. The fraction of sp³-hybridized carbons (Fsp3) is 0.333. The van der Waals surface area contributed by atoms with Crippen molar-refractivity contribution in [2.45, 2.75) is 31.8 Å². The number of hydrogen-bond donors (Lipinski definition) is 2. The van der Waals surface area contributed by atoms with Crippen LogP contribution in [0.1, 0.15) is 24.0 Å². The molecule has 2 N–H and O–H groups in total. The van der Waals surface area contributed by atoms with Gasteiger partial charge < -0.3 is 14.7 Å². The molecule has 2 heterocycles. The molecule has 2 aliphatic heterocycles. The third kappa shape index (κ3) is 3.70. The zero-order valence-corrected chi connectivity index (χ0v) is 16.2. The van der Waals surface area contributed by atoms with Gasteiger partial charge in [-0.2, -0.15) is 0 Å². The molecule has 0 saturated carbocycles. The van der Waals surface area contributed by atoms with Crippen molar-refractivity contribution in [3.05, 3.63) is 58.6 Å². The third-order valence-electron chi connectivity index (χ3n) is 5.01. The molecule has 0 spiro atoms. The van der Waals surface area contributed by atoms with Gasteiger partial charge >= 0.3 is 0 Å². The predicted molar refractivity (Wildman–Crippen MR) is 108 cm³/mol. The number of ether oxygens (including phenoxy) is 1. The molecule has 0 aliphatic carbocycles. The Morgan fingerprint density at radius 1 is 1.21 bits per heavy atom. The van der Waals surface area contributed by atoms with Crippen LogP contribution in [0.5, 0.6) is 5.75 Å². The number of fused-ring (bicyclic) bond motifs is 2. The number of aliphatic hydroxyl groups is 1. The Morgan fingerprint density at radius 3 is 2.82 bits per heavy atom. The van der Waals surface area contributed by atoms with Crippen LogP contribution in [0.3, 0.4) is 0 Å². The quantitative estimate of drug-likeness (QED) is 0.702. The van der Waals surface area contributed by atoms with Gasteiger partial charge in [0.2, 0.25) is 11.9 Å². The van der Waals surface area contributed by atoms with E-state index in [0.717, 1.165) is 23.2 Å². The van der Waals surface area contributed by atoms with Crippen LogP contribution < -0.4 is 10.1 Å². The van der Waals surface area contributed by atoms with E-state index in [9.17, 15) is 4.79 Å². The number of aliphatic hydroxyl groups excluding tert-OH is 1. The summed E-state index contributed by atoms with van der Waals surface area (Å²) in [5, 5.41) is 12.3. The average molecular weight is 400 g/mol. The molecule has 1 amide bonds. The monoisotopic (exact) mass is 399 g/mol. The molecule has 7 heteroatoms. The summed E-state index contributed by atoms with van der Waals surface area (Å²) in [6, 6.07) is 13.3. The summed E-state index contributed by atoms with van der Waals surface area (Å²) in [5.41, 5.74) is 2.71. The maximum atomic E-state index is 12.5. The molecule has 146 valence electrons. The number of hydrogen-bond acceptors (Lipinski definition) is 5. The van der Waals surface area contributed by atoms with E-state index in [0.29, 0.717) is 42.7 Å². The van der Waals surface area contributed by atoms with Gasteiger partial charge in [0.1, 0.15) is 11.8 Å². The first-order valence-corrected chi connectivity index (χ1v) is 9.80. The number of halogens is 1. The van der Waals surface area contributed by atoms with E-state index in [4.69, 9.17) is 21.4 Å². The zero-order valence-electron chi connectivity index (χ0n) is 15.4. The van der Waals surface area contributed by atoms with Crippen molar-refractivity contribution in [3.63, 3.8) is 0 Å². The number of guanidine groups is 1. The summed E-state index contributed by atoms with van der Waals surface area (Å²) < 4.78 is 5.77. The van der Waals surface area contributed by atoms with Crippen LogP contribution in [0.25, 0.3) is 0 Å². The van der Waals surface area contributed by atoms with Gasteiger partial charge in [0.15, 0.2) is 0 Å². The highest BCUT2D eigenvalue weighted by atomic mass is 35.5. The largest absolute Gasteiger partial charge is 0.492 e. The number of amides is 1. The number of rotatable bonds is 7. The Kier molecular flexibility index (Phi) is 5.50. The number of unbranched alkanes of at least 4 members (excludes halogenated alkanes) is 1. The first-order valence-electron chi connectivity index (χ1n) is 9.42. The Labute approximate surface area is 168 Å². The number of nitrogens with zero attached hydrogens (tertiary/aromatic N) is 2. The molecule has 4 rings (SSSR count). The molecular formula is C21H22ClN3O3. The van der Waals surface area contributed by atoms with Gasteiger partial charge in [0.05, 0.1) is 23.9 Å². The number of aliphatic imine (C=N–C) groups is 1. The van der Waals surface area contributed by atoms with E-state index in [-0.39, 0.29) is 18.6 Å². The second kappa shape index (κ2) is 8.20. The van der Waals surface area contributed by atoms with Crippen molar-refractivity contribution in [1.29, 1.82) is 0 Å². The molecule has 0 aromatic heterocycles. The molecule has 6 nitrogen and oxygen atoms in total. The van der Waals surface area contributed by atoms with Gasteiger partial charge in [-0.25, -0.2) is 4.99 Å². The standard InChI is InChI=1S/C21H22ClN3O3/c22-19-15-13-25-17(12-14-6-2-1-3-7-14)20(27)24-21(25)23-16(15)8-9-18(19)28-11-5-4-10-26/h1-3,6-9,17,26H,4-5,10-13H2,(H,23,24,27). The molecule has 0 radical (unpaired) electrons. The maximum absolute atomic E-state index is 12.5. The fourth-order valence-electron chi connectivity index (χ4n) is 3.51. The average Bonchev–Trinajstić information content (AvgIpc) is 3.01. The minimum absolute atomic E-state index is 0.0491. The minimum Gasteiger partial charge on any atom is -0.492 e. The highest BCUT2D eigenvalue weighted by molar-refractivity contribution is 6.33. The van der Waals surface area contributed by atoms with E-state index < -0.39 is 0 Å². The lowest BCUT2D eigenvalue weighted by atomic mass is 10.0. The predicted octanol–water partition coefficient (Wildman–Crippen LogP) is 3.04. The van der Waals surface area contributed by atoms with Crippen molar-refractivity contribution in [3.8, 4) is 5.75 Å². The zero-order chi connectivity index (χ0) is 19.5. The number of benzene rings is 2. The lowest BCUT2D eigenvalue weighted by molar-refractivity contribution is -0.121. The Bertz CT molecular complexity index is 901. The smallest absolute Gasteiger partial charge is 0.249 e. The van der Waals surface area contributed by atoms with Crippen molar-refractivity contribution >= 4 is 29.2 Å². The van der Waals surface area contributed by atoms with Gasteiger partial charge in [-0.15, -0.1) is 0 Å². The van der Waals surface area contributed by atoms with Gasteiger partial charge in [0.25, 0.3) is 0 Å². The van der Waals surface area contributed by atoms with Gasteiger partial charge in [-0.3, -0.25) is 10.1 Å². The lowest BCUT2D eigenvalue weighted by Gasteiger charge is -2.29. The molecule has 2 aromatic carbocycles. The van der Waals surface area contributed by atoms with Crippen LogP contribution in [-0.2, 0) is 17.8 Å². The summed E-state index contributed by atoms with van der Waals surface area (Å²) in [5.74, 6) is 1.13. The summed E-state index contributed by atoms with van der Waals surface area (Å²) in [7, 11) is 0. The van der Waals surface area contributed by atoms with Crippen molar-refractivity contribution in [2.75, 3.05) is 13.2 Å². The van der Waals surface area contributed by atoms with Crippen LogP contribution in [0.2, 0.25) is 5.02 Å². The maximum Gasteiger partial charge on any atom is 0.249 e. The molecule has 28 heavy (non-hydrogen) atoms. The van der Waals surface area contributed by atoms with Crippen LogP contribution in [-0.4, -0.2) is 41.1 Å². The summed E-state index contributed by atoms with van der Waals surface area (Å²) in [6.07, 6.45) is 2.06. The summed E-state index contributed by atoms with van der Waals surface area (Å²) in [4.78, 5) is 19.1.